The number of amides is 1. The van der Waals surface area contributed by atoms with Gasteiger partial charge in [0.25, 0.3) is 5.91 Å². The molecule has 0 saturated carbocycles. The van der Waals surface area contributed by atoms with Crippen molar-refractivity contribution in [2.24, 2.45) is 7.05 Å². The summed E-state index contributed by atoms with van der Waals surface area (Å²) >= 11 is 13.2. The Balaban J connectivity index is 1.52. The number of ether oxygens (including phenoxy) is 1. The van der Waals surface area contributed by atoms with E-state index in [1.807, 2.05) is 25.7 Å². The van der Waals surface area contributed by atoms with Crippen LogP contribution in [0.3, 0.4) is 0 Å². The van der Waals surface area contributed by atoms with Crippen LogP contribution in [0.25, 0.3) is 11.0 Å². The number of carbonyl (C=O) groups is 2. The molecule has 0 spiro atoms. The molecule has 4 rings (SSSR count). The van der Waals surface area contributed by atoms with Gasteiger partial charge in [0.15, 0.2) is 0 Å². The van der Waals surface area contributed by atoms with Crippen LogP contribution in [0.5, 0.6) is 0 Å². The summed E-state index contributed by atoms with van der Waals surface area (Å²) < 4.78 is 47.1. The summed E-state index contributed by atoms with van der Waals surface area (Å²) in [6.07, 6.45) is -4.36. The Hall–Kier alpha value is -2.82. The lowest BCUT2D eigenvalue weighted by Gasteiger charge is -2.35. The average Bonchev–Trinajstić information content (AvgIpc) is 3.16. The minimum Gasteiger partial charge on any atom is -0.459 e. The fourth-order valence-electron chi connectivity index (χ4n) is 4.75. The zero-order valence-corrected chi connectivity index (χ0v) is 24.5. The van der Waals surface area contributed by atoms with Crippen LogP contribution in [0, 0.1) is 6.92 Å². The third kappa shape index (κ3) is 6.56. The van der Waals surface area contributed by atoms with E-state index in [-0.39, 0.29) is 35.4 Å². The summed E-state index contributed by atoms with van der Waals surface area (Å²) in [7, 11) is 1.64. The molecule has 3 aromatic rings. The van der Waals surface area contributed by atoms with Crippen molar-refractivity contribution in [3.05, 3.63) is 62.4 Å². The molecule has 12 heteroatoms. The Morgan fingerprint density at radius 3 is 2.30 bits per heavy atom. The van der Waals surface area contributed by atoms with E-state index in [9.17, 15) is 22.8 Å². The molecular weight excluding hydrogens is 568 g/mol. The molecule has 2 heterocycles. The number of imidazole rings is 1. The molecule has 0 unspecified atom stereocenters. The lowest BCUT2D eigenvalue weighted by atomic mass is 10.1. The summed E-state index contributed by atoms with van der Waals surface area (Å²) in [4.78, 5) is 33.7. The molecule has 1 amide bonds. The molecule has 2 aromatic carbocycles. The number of fused-ring (bicyclic) bond motifs is 1. The third-order valence-electron chi connectivity index (χ3n) is 6.78. The van der Waals surface area contributed by atoms with E-state index in [4.69, 9.17) is 27.9 Å². The SMILES string of the molecule is Cc1cc(C(F)(F)F)cc2c1nc(Cc1c(Cl)ccc(C(=O)N3CCN(CC(=O)OC(C)(C)C)CC3)c1Cl)n2C. The number of aryl methyl sites for hydroxylation is 2. The van der Waals surface area contributed by atoms with Crippen molar-refractivity contribution in [1.29, 1.82) is 0 Å². The van der Waals surface area contributed by atoms with Gasteiger partial charge in [0.1, 0.15) is 11.4 Å². The lowest BCUT2D eigenvalue weighted by molar-refractivity contribution is -0.156. The highest BCUT2D eigenvalue weighted by molar-refractivity contribution is 6.38. The normalized spacial score (nSPS) is 15.1. The van der Waals surface area contributed by atoms with Gasteiger partial charge in [-0.1, -0.05) is 23.2 Å². The maximum absolute atomic E-state index is 13.4. The van der Waals surface area contributed by atoms with Crippen LogP contribution in [0.1, 0.15) is 53.6 Å². The highest BCUT2D eigenvalue weighted by Crippen LogP contribution is 2.35. The van der Waals surface area contributed by atoms with Gasteiger partial charge in [0.2, 0.25) is 0 Å². The molecule has 40 heavy (non-hydrogen) atoms. The van der Waals surface area contributed by atoms with Gasteiger partial charge in [-0.2, -0.15) is 13.2 Å². The standard InChI is InChI=1S/C28H31Cl2F3N4O3/c1-16-12-17(28(31,32)33)13-21-25(16)34-22(35(21)5)14-19-20(29)7-6-18(24(19)30)26(39)37-10-8-36(9-11-37)15-23(38)40-27(2,3)4/h6-7,12-13H,8-11,14-15H2,1-5H3. The first-order valence-corrected chi connectivity index (χ1v) is 13.5. The topological polar surface area (TPSA) is 67.7 Å². The fraction of sp³-hybridized carbons (Fsp3) is 0.464. The zero-order valence-electron chi connectivity index (χ0n) is 23.0. The summed E-state index contributed by atoms with van der Waals surface area (Å²) in [5.41, 5.74) is 0.617. The Morgan fingerprint density at radius 2 is 1.70 bits per heavy atom. The van der Waals surface area contributed by atoms with E-state index in [0.29, 0.717) is 59.2 Å². The molecular formula is C28H31Cl2F3N4O3. The monoisotopic (exact) mass is 598 g/mol. The molecule has 0 aliphatic carbocycles. The summed E-state index contributed by atoms with van der Waals surface area (Å²) in [5, 5.41) is 0.497. The number of hydrogen-bond acceptors (Lipinski definition) is 5. The second-order valence-corrected chi connectivity index (χ2v) is 11.7. The average molecular weight is 599 g/mol. The van der Waals surface area contributed by atoms with Crippen molar-refractivity contribution in [2.45, 2.75) is 45.9 Å². The van der Waals surface area contributed by atoms with Crippen LogP contribution in [0.2, 0.25) is 10.0 Å². The highest BCUT2D eigenvalue weighted by Gasteiger charge is 2.32. The molecule has 7 nitrogen and oxygen atoms in total. The molecule has 0 atom stereocenters. The molecule has 1 fully saturated rings. The van der Waals surface area contributed by atoms with Crippen molar-refractivity contribution in [3.8, 4) is 0 Å². The third-order valence-corrected chi connectivity index (χ3v) is 7.57. The van der Waals surface area contributed by atoms with E-state index in [2.05, 4.69) is 4.98 Å². The number of carbonyl (C=O) groups excluding carboxylic acids is 2. The summed E-state index contributed by atoms with van der Waals surface area (Å²) in [6.45, 7) is 8.98. The smallest absolute Gasteiger partial charge is 0.416 e. The van der Waals surface area contributed by atoms with Gasteiger partial charge in [-0.05, 0) is 63.1 Å². The maximum atomic E-state index is 13.4. The van der Waals surface area contributed by atoms with Crippen LogP contribution < -0.4 is 0 Å². The van der Waals surface area contributed by atoms with Crippen LogP contribution in [0.15, 0.2) is 24.3 Å². The first-order chi connectivity index (χ1) is 18.5. The molecule has 0 N–H and O–H groups in total. The molecule has 1 aromatic heterocycles. The number of nitrogens with zero attached hydrogens (tertiary/aromatic N) is 4. The Kier molecular flexibility index (Phi) is 8.45. The van der Waals surface area contributed by atoms with Gasteiger partial charge in [-0.3, -0.25) is 14.5 Å². The number of alkyl halides is 3. The van der Waals surface area contributed by atoms with Gasteiger partial charge in [0.05, 0.1) is 33.7 Å². The molecule has 0 radical (unpaired) electrons. The van der Waals surface area contributed by atoms with Crippen LogP contribution in [-0.2, 0) is 29.2 Å². The number of esters is 1. The fourth-order valence-corrected chi connectivity index (χ4v) is 5.33. The number of rotatable bonds is 5. The number of aromatic nitrogens is 2. The van der Waals surface area contributed by atoms with Gasteiger partial charge in [-0.15, -0.1) is 0 Å². The Labute approximate surface area is 240 Å². The molecule has 1 saturated heterocycles. The van der Waals surface area contributed by atoms with Crippen molar-refractivity contribution in [1.82, 2.24) is 19.4 Å². The number of halogens is 5. The van der Waals surface area contributed by atoms with E-state index >= 15 is 0 Å². The maximum Gasteiger partial charge on any atom is 0.416 e. The van der Waals surface area contributed by atoms with Crippen molar-refractivity contribution in [3.63, 3.8) is 0 Å². The van der Waals surface area contributed by atoms with Gasteiger partial charge in [0, 0.05) is 44.7 Å². The molecule has 1 aliphatic heterocycles. The first kappa shape index (κ1) is 30.1. The Bertz CT molecular complexity index is 1460. The summed E-state index contributed by atoms with van der Waals surface area (Å²) in [5.74, 6) is -0.124. The number of piperazine rings is 1. The molecule has 1 aliphatic rings. The zero-order chi connectivity index (χ0) is 29.6. The lowest BCUT2D eigenvalue weighted by Crippen LogP contribution is -2.50. The molecule has 216 valence electrons. The van der Waals surface area contributed by atoms with Crippen molar-refractivity contribution < 1.29 is 27.5 Å². The predicted octanol–water partition coefficient (Wildman–Crippen LogP) is 5.90. The second-order valence-electron chi connectivity index (χ2n) is 11.0. The van der Waals surface area contributed by atoms with Crippen LogP contribution >= 0.6 is 23.2 Å². The van der Waals surface area contributed by atoms with Gasteiger partial charge in [-0.25, -0.2) is 4.98 Å². The van der Waals surface area contributed by atoms with Gasteiger partial charge < -0.3 is 14.2 Å². The number of benzene rings is 2. The van der Waals surface area contributed by atoms with Gasteiger partial charge >= 0.3 is 12.1 Å². The first-order valence-electron chi connectivity index (χ1n) is 12.8. The largest absolute Gasteiger partial charge is 0.459 e. The van der Waals surface area contributed by atoms with E-state index < -0.39 is 17.3 Å². The quantitative estimate of drug-likeness (QED) is 0.342. The molecule has 0 bridgehead atoms. The second kappa shape index (κ2) is 11.2. The van der Waals surface area contributed by atoms with Crippen molar-refractivity contribution in [2.75, 3.05) is 32.7 Å². The minimum atomic E-state index is -4.48. The van der Waals surface area contributed by atoms with Crippen molar-refractivity contribution >= 4 is 46.1 Å². The number of hydrogen-bond donors (Lipinski definition) is 0. The highest BCUT2D eigenvalue weighted by atomic mass is 35.5. The van der Waals surface area contributed by atoms with Crippen LogP contribution in [0.4, 0.5) is 13.2 Å². The minimum absolute atomic E-state index is 0.119. The summed E-state index contributed by atoms with van der Waals surface area (Å²) in [6, 6.07) is 5.30. The van der Waals surface area contributed by atoms with E-state index in [0.717, 1.165) is 12.1 Å². The van der Waals surface area contributed by atoms with E-state index in [1.165, 1.54) is 0 Å². The predicted molar refractivity (Wildman–Crippen MR) is 148 cm³/mol. The van der Waals surface area contributed by atoms with E-state index in [1.54, 1.807) is 35.6 Å². The van der Waals surface area contributed by atoms with Crippen LogP contribution in [-0.4, -0.2) is 69.6 Å². The Morgan fingerprint density at radius 1 is 1.05 bits per heavy atom.